The van der Waals surface area contributed by atoms with Crippen molar-refractivity contribution >= 4 is 13.2 Å². The molecule has 2 rings (SSSR count). The van der Waals surface area contributed by atoms with Gasteiger partial charge in [-0.25, -0.2) is 0 Å². The van der Waals surface area contributed by atoms with Crippen molar-refractivity contribution in [1.29, 1.82) is 0 Å². The standard InChI is InChI=1S/C14H21OP/c1-14(2,3)13-15-10-7-11-16(13)12-8-5-4-6-9-12/h4-6,8-9,13H,7,10-11H2,1-3H3/t13-,16-/m1/s1. The molecule has 1 nitrogen and oxygen atoms in total. The largest absolute Gasteiger partial charge is 0.373 e. The third kappa shape index (κ3) is 2.64. The van der Waals surface area contributed by atoms with Crippen LogP contribution in [0, 0.1) is 5.41 Å². The quantitative estimate of drug-likeness (QED) is 0.677. The molecule has 1 aromatic rings. The Morgan fingerprint density at radius 3 is 2.50 bits per heavy atom. The van der Waals surface area contributed by atoms with Gasteiger partial charge in [0.15, 0.2) is 0 Å². The second-order valence-electron chi connectivity index (χ2n) is 5.47. The average molecular weight is 236 g/mol. The molecule has 0 aliphatic carbocycles. The molecule has 0 radical (unpaired) electrons. The van der Waals surface area contributed by atoms with Gasteiger partial charge in [-0.1, -0.05) is 51.1 Å². The first-order valence-electron chi connectivity index (χ1n) is 6.02. The molecule has 2 heteroatoms. The molecule has 1 saturated heterocycles. The molecule has 0 amide bonds. The number of hydrogen-bond donors (Lipinski definition) is 0. The van der Waals surface area contributed by atoms with E-state index >= 15 is 0 Å². The molecule has 0 spiro atoms. The molecule has 0 aromatic heterocycles. The van der Waals surface area contributed by atoms with Crippen molar-refractivity contribution in [2.45, 2.75) is 33.0 Å². The summed E-state index contributed by atoms with van der Waals surface area (Å²) >= 11 is 0. The van der Waals surface area contributed by atoms with E-state index in [1.807, 2.05) is 0 Å². The maximum Gasteiger partial charge on any atom is 0.0854 e. The van der Waals surface area contributed by atoms with Crippen molar-refractivity contribution < 1.29 is 4.74 Å². The molecule has 2 atom stereocenters. The van der Waals surface area contributed by atoms with Crippen LogP contribution in [-0.2, 0) is 4.74 Å². The molecule has 0 unspecified atom stereocenters. The molecule has 88 valence electrons. The molecular formula is C14H21OP. The van der Waals surface area contributed by atoms with Crippen LogP contribution in [0.5, 0.6) is 0 Å². The first-order chi connectivity index (χ1) is 7.59. The Morgan fingerprint density at radius 2 is 1.88 bits per heavy atom. The molecule has 0 N–H and O–H groups in total. The fraction of sp³-hybridized carbons (Fsp3) is 0.571. The van der Waals surface area contributed by atoms with Gasteiger partial charge >= 0.3 is 0 Å². The topological polar surface area (TPSA) is 9.23 Å². The van der Waals surface area contributed by atoms with Gasteiger partial charge in [0.1, 0.15) is 0 Å². The predicted molar refractivity (Wildman–Crippen MR) is 71.7 cm³/mol. The molecule has 0 saturated carbocycles. The summed E-state index contributed by atoms with van der Waals surface area (Å²) in [7, 11) is -0.141. The minimum atomic E-state index is -0.141. The Kier molecular flexibility index (Phi) is 3.66. The lowest BCUT2D eigenvalue weighted by atomic mass is 9.98. The zero-order chi connectivity index (χ0) is 11.6. The van der Waals surface area contributed by atoms with E-state index in [1.165, 1.54) is 17.9 Å². The average Bonchev–Trinajstić information content (AvgIpc) is 2.29. The second-order valence-corrected chi connectivity index (χ2v) is 7.84. The van der Waals surface area contributed by atoms with Crippen LogP contribution in [0.4, 0.5) is 0 Å². The zero-order valence-electron chi connectivity index (χ0n) is 10.4. The van der Waals surface area contributed by atoms with Crippen molar-refractivity contribution in [3.8, 4) is 0 Å². The van der Waals surface area contributed by atoms with Gasteiger partial charge in [-0.3, -0.25) is 0 Å². The summed E-state index contributed by atoms with van der Waals surface area (Å²) in [5, 5.41) is 1.50. The maximum absolute atomic E-state index is 6.04. The monoisotopic (exact) mass is 236 g/mol. The third-order valence-electron chi connectivity index (χ3n) is 2.93. The molecule has 1 heterocycles. The maximum atomic E-state index is 6.04. The van der Waals surface area contributed by atoms with Gasteiger partial charge < -0.3 is 4.74 Å². The first kappa shape index (κ1) is 12.1. The Labute approximate surface area is 100.0 Å². The highest BCUT2D eigenvalue weighted by Crippen LogP contribution is 2.51. The fourth-order valence-electron chi connectivity index (χ4n) is 2.24. The molecule has 1 fully saturated rings. The fourth-order valence-corrected chi connectivity index (χ4v) is 5.25. The first-order valence-corrected chi connectivity index (χ1v) is 7.62. The lowest BCUT2D eigenvalue weighted by molar-refractivity contribution is 0.0336. The summed E-state index contributed by atoms with van der Waals surface area (Å²) < 4.78 is 6.04. The van der Waals surface area contributed by atoms with E-state index in [9.17, 15) is 0 Å². The Morgan fingerprint density at radius 1 is 1.19 bits per heavy atom. The summed E-state index contributed by atoms with van der Waals surface area (Å²) in [6, 6.07) is 10.9. The smallest absolute Gasteiger partial charge is 0.0854 e. The number of ether oxygens (including phenoxy) is 1. The van der Waals surface area contributed by atoms with Crippen LogP contribution in [0.2, 0.25) is 0 Å². The van der Waals surface area contributed by atoms with E-state index in [1.54, 1.807) is 0 Å². The normalized spacial score (nSPS) is 26.7. The van der Waals surface area contributed by atoms with Gasteiger partial charge in [0, 0.05) is 6.61 Å². The number of benzene rings is 1. The highest BCUT2D eigenvalue weighted by Gasteiger charge is 2.35. The molecule has 1 aliphatic heterocycles. The van der Waals surface area contributed by atoms with Crippen molar-refractivity contribution in [1.82, 2.24) is 0 Å². The van der Waals surface area contributed by atoms with E-state index in [2.05, 4.69) is 51.1 Å². The third-order valence-corrected chi connectivity index (χ3v) is 6.18. The zero-order valence-corrected chi connectivity index (χ0v) is 11.3. The van der Waals surface area contributed by atoms with Crippen LogP contribution in [0.15, 0.2) is 30.3 Å². The summed E-state index contributed by atoms with van der Waals surface area (Å²) in [5.74, 6) is 0.415. The Hall–Kier alpha value is -0.390. The molecule has 1 aromatic carbocycles. The number of rotatable bonds is 1. The van der Waals surface area contributed by atoms with Crippen LogP contribution < -0.4 is 5.30 Å². The molecule has 1 aliphatic rings. The lowest BCUT2D eigenvalue weighted by Crippen LogP contribution is -2.35. The van der Waals surface area contributed by atoms with E-state index in [4.69, 9.17) is 4.74 Å². The highest BCUT2D eigenvalue weighted by atomic mass is 31.1. The van der Waals surface area contributed by atoms with Crippen LogP contribution in [0.1, 0.15) is 27.2 Å². The highest BCUT2D eigenvalue weighted by molar-refractivity contribution is 7.66. The SMILES string of the molecule is CC(C)(C)[C@@H]1OCCC[P@]1c1ccccc1. The molecule has 16 heavy (non-hydrogen) atoms. The second kappa shape index (κ2) is 4.85. The minimum Gasteiger partial charge on any atom is -0.373 e. The van der Waals surface area contributed by atoms with Gasteiger partial charge in [0.25, 0.3) is 0 Å². The van der Waals surface area contributed by atoms with Gasteiger partial charge in [0.05, 0.1) is 5.85 Å². The van der Waals surface area contributed by atoms with Crippen LogP contribution >= 0.6 is 7.92 Å². The predicted octanol–water partition coefficient (Wildman–Crippen LogP) is 3.59. The van der Waals surface area contributed by atoms with Gasteiger partial charge in [-0.05, 0) is 31.2 Å². The lowest BCUT2D eigenvalue weighted by Gasteiger charge is -2.40. The van der Waals surface area contributed by atoms with E-state index in [-0.39, 0.29) is 13.3 Å². The van der Waals surface area contributed by atoms with Crippen molar-refractivity contribution in [3.63, 3.8) is 0 Å². The Balaban J connectivity index is 2.24. The summed E-state index contributed by atoms with van der Waals surface area (Å²) in [6.45, 7) is 7.82. The van der Waals surface area contributed by atoms with E-state index in [0.29, 0.717) is 5.85 Å². The van der Waals surface area contributed by atoms with Crippen molar-refractivity contribution in [3.05, 3.63) is 30.3 Å². The van der Waals surface area contributed by atoms with Gasteiger partial charge in [-0.15, -0.1) is 0 Å². The molecule has 0 bridgehead atoms. The summed E-state index contributed by atoms with van der Waals surface area (Å²) in [4.78, 5) is 0. The molecular weight excluding hydrogens is 215 g/mol. The summed E-state index contributed by atoms with van der Waals surface area (Å²) in [6.07, 6.45) is 2.54. The van der Waals surface area contributed by atoms with Gasteiger partial charge in [0.2, 0.25) is 0 Å². The van der Waals surface area contributed by atoms with E-state index < -0.39 is 0 Å². The Bertz CT molecular complexity index is 328. The van der Waals surface area contributed by atoms with E-state index in [0.717, 1.165) is 6.61 Å². The van der Waals surface area contributed by atoms with Crippen molar-refractivity contribution in [2.24, 2.45) is 5.41 Å². The van der Waals surface area contributed by atoms with Crippen molar-refractivity contribution in [2.75, 3.05) is 12.8 Å². The number of hydrogen-bond acceptors (Lipinski definition) is 1. The van der Waals surface area contributed by atoms with Gasteiger partial charge in [-0.2, -0.15) is 0 Å². The van der Waals surface area contributed by atoms with Crippen LogP contribution in [0.25, 0.3) is 0 Å². The summed E-state index contributed by atoms with van der Waals surface area (Å²) in [5.41, 5.74) is 0.252. The van der Waals surface area contributed by atoms with Crippen LogP contribution in [0.3, 0.4) is 0 Å². The minimum absolute atomic E-state index is 0.141. The van der Waals surface area contributed by atoms with Crippen LogP contribution in [-0.4, -0.2) is 18.6 Å².